The molecule has 0 bridgehead atoms. The van der Waals surface area contributed by atoms with Crippen molar-refractivity contribution in [1.82, 2.24) is 0 Å². The summed E-state index contributed by atoms with van der Waals surface area (Å²) in [7, 11) is -2.12. The minimum atomic E-state index is -4.86. The number of benzene rings is 1. The van der Waals surface area contributed by atoms with Crippen molar-refractivity contribution in [2.45, 2.75) is 31.7 Å². The van der Waals surface area contributed by atoms with Gasteiger partial charge in [0.2, 0.25) is 0 Å². The molecular weight excluding hydrogens is 370 g/mol. The summed E-state index contributed by atoms with van der Waals surface area (Å²) < 4.78 is 53.8. The van der Waals surface area contributed by atoms with Crippen LogP contribution in [0.3, 0.4) is 0 Å². The van der Waals surface area contributed by atoms with Crippen LogP contribution in [0, 0.1) is 0 Å². The fourth-order valence-corrected chi connectivity index (χ4v) is 2.86. The quantitative estimate of drug-likeness (QED) is 0.626. The fourth-order valence-electron chi connectivity index (χ4n) is 1.23. The van der Waals surface area contributed by atoms with Crippen LogP contribution in [0.5, 0.6) is 0 Å². The average molecular weight is 381 g/mol. The molecule has 0 radical (unpaired) electrons. The van der Waals surface area contributed by atoms with Gasteiger partial charge in [-0.15, -0.1) is 0 Å². The van der Waals surface area contributed by atoms with E-state index in [1.165, 1.54) is 20.8 Å². The molecular formula is C12H11Cl3F3NOS. The van der Waals surface area contributed by atoms with E-state index in [1.807, 2.05) is 0 Å². The summed E-state index contributed by atoms with van der Waals surface area (Å²) in [5, 5.41) is -0.531. The van der Waals surface area contributed by atoms with Crippen LogP contribution in [-0.2, 0) is 11.0 Å². The number of alkyl halides is 3. The maximum Gasteiger partial charge on any atom is 0.434 e. The molecule has 0 saturated heterocycles. The lowest BCUT2D eigenvalue weighted by Gasteiger charge is -2.18. The Bertz CT molecular complexity index is 586. The van der Waals surface area contributed by atoms with Crippen LogP contribution in [0.15, 0.2) is 16.5 Å². The first kappa shape index (κ1) is 18.7. The van der Waals surface area contributed by atoms with Gasteiger partial charge in [-0.2, -0.15) is 17.6 Å². The van der Waals surface area contributed by atoms with Crippen LogP contribution in [0.1, 0.15) is 26.3 Å². The molecule has 0 aliphatic carbocycles. The second kappa shape index (κ2) is 6.44. The largest absolute Gasteiger partial charge is 0.434 e. The minimum Gasteiger partial charge on any atom is -0.234 e. The highest BCUT2D eigenvalue weighted by Gasteiger charge is 2.40. The molecule has 1 rings (SSSR count). The van der Waals surface area contributed by atoms with Crippen LogP contribution in [-0.4, -0.2) is 20.8 Å². The van der Waals surface area contributed by atoms with Crippen molar-refractivity contribution in [3.05, 3.63) is 32.8 Å². The molecule has 0 aromatic heterocycles. The number of hydrogen-bond donors (Lipinski definition) is 0. The van der Waals surface area contributed by atoms with E-state index >= 15 is 0 Å². The van der Waals surface area contributed by atoms with Crippen LogP contribution in [0.25, 0.3) is 0 Å². The highest BCUT2D eigenvalue weighted by molar-refractivity contribution is 7.85. The highest BCUT2D eigenvalue weighted by atomic mass is 35.5. The lowest BCUT2D eigenvalue weighted by Crippen LogP contribution is -2.28. The normalized spacial score (nSPS) is 15.2. The Balaban J connectivity index is 3.57. The molecule has 118 valence electrons. The fraction of sp³-hybridized carbons (Fsp3) is 0.417. The second-order valence-electron chi connectivity index (χ2n) is 5.04. The number of hydrogen-bond acceptors (Lipinski definition) is 1. The minimum absolute atomic E-state index is 0.0900. The van der Waals surface area contributed by atoms with Crippen molar-refractivity contribution in [1.29, 1.82) is 0 Å². The first-order valence-corrected chi connectivity index (χ1v) is 7.81. The zero-order valence-corrected chi connectivity index (χ0v) is 14.3. The molecule has 0 spiro atoms. The third-order valence-corrected chi connectivity index (χ3v) is 4.42. The standard InChI is InChI=1S/C12H11Cl3F3NOS/c1-11(2,3)21(20)19-10(12(16,17)18)9-7(14)4-6(13)5-8(9)15/h4-5H,1-3H3/b19-10-. The van der Waals surface area contributed by atoms with E-state index in [1.54, 1.807) is 0 Å². The summed E-state index contributed by atoms with van der Waals surface area (Å²) in [5.41, 5.74) is -1.92. The van der Waals surface area contributed by atoms with Gasteiger partial charge in [-0.25, -0.2) is 4.21 Å². The maximum absolute atomic E-state index is 13.2. The van der Waals surface area contributed by atoms with E-state index < -0.39 is 33.2 Å². The topological polar surface area (TPSA) is 29.4 Å². The Labute approximate surface area is 137 Å². The summed E-state index contributed by atoms with van der Waals surface area (Å²) in [6, 6.07) is 2.23. The van der Waals surface area contributed by atoms with Crippen molar-refractivity contribution < 1.29 is 17.4 Å². The lowest BCUT2D eigenvalue weighted by molar-refractivity contribution is -0.0578. The van der Waals surface area contributed by atoms with Crippen LogP contribution in [0.4, 0.5) is 13.2 Å². The molecule has 0 aliphatic rings. The first-order chi connectivity index (χ1) is 9.34. The zero-order chi connectivity index (χ0) is 16.6. The summed E-state index contributed by atoms with van der Waals surface area (Å²) >= 11 is 17.2. The molecule has 1 unspecified atom stereocenters. The van der Waals surface area contributed by atoms with Gasteiger partial charge < -0.3 is 0 Å². The highest BCUT2D eigenvalue weighted by Crippen LogP contribution is 2.35. The van der Waals surface area contributed by atoms with E-state index in [9.17, 15) is 17.4 Å². The lowest BCUT2D eigenvalue weighted by atomic mass is 10.1. The Kier molecular flexibility index (Phi) is 5.75. The predicted octanol–water partition coefficient (Wildman–Crippen LogP) is 5.46. The van der Waals surface area contributed by atoms with Crippen molar-refractivity contribution in [2.24, 2.45) is 4.40 Å². The molecule has 1 aromatic rings. The van der Waals surface area contributed by atoms with Crippen LogP contribution in [0.2, 0.25) is 15.1 Å². The molecule has 1 aromatic carbocycles. The number of halogens is 6. The molecule has 0 N–H and O–H groups in total. The summed E-state index contributed by atoms with van der Waals surface area (Å²) in [5.74, 6) is 0. The molecule has 0 saturated carbocycles. The van der Waals surface area contributed by atoms with Crippen molar-refractivity contribution in [3.8, 4) is 0 Å². The van der Waals surface area contributed by atoms with Crippen molar-refractivity contribution in [3.63, 3.8) is 0 Å². The van der Waals surface area contributed by atoms with Crippen LogP contribution >= 0.6 is 34.8 Å². The summed E-state index contributed by atoms with van der Waals surface area (Å²) in [4.78, 5) is 0. The van der Waals surface area contributed by atoms with E-state index in [2.05, 4.69) is 4.40 Å². The monoisotopic (exact) mass is 379 g/mol. The Morgan fingerprint density at radius 2 is 1.52 bits per heavy atom. The van der Waals surface area contributed by atoms with Crippen molar-refractivity contribution >= 4 is 51.5 Å². The van der Waals surface area contributed by atoms with E-state index in [4.69, 9.17) is 34.8 Å². The number of rotatable bonds is 2. The van der Waals surface area contributed by atoms with Gasteiger partial charge in [0.05, 0.1) is 14.8 Å². The van der Waals surface area contributed by atoms with Crippen LogP contribution < -0.4 is 0 Å². The van der Waals surface area contributed by atoms with Gasteiger partial charge in [-0.05, 0) is 32.9 Å². The van der Waals surface area contributed by atoms with Gasteiger partial charge in [-0.1, -0.05) is 34.8 Å². The SMILES string of the molecule is CC(C)(C)S(=O)/N=C(/c1c(Cl)cc(Cl)cc1Cl)C(F)(F)F. The Hall–Kier alpha value is -0.300. The molecule has 1 atom stereocenters. The molecule has 2 nitrogen and oxygen atoms in total. The van der Waals surface area contributed by atoms with E-state index in [0.29, 0.717) is 0 Å². The number of nitrogens with zero attached hydrogens (tertiary/aromatic N) is 1. The zero-order valence-electron chi connectivity index (χ0n) is 11.2. The van der Waals surface area contributed by atoms with Gasteiger partial charge in [0.25, 0.3) is 0 Å². The molecule has 21 heavy (non-hydrogen) atoms. The summed E-state index contributed by atoms with van der Waals surface area (Å²) in [6.07, 6.45) is -4.86. The Morgan fingerprint density at radius 1 is 1.10 bits per heavy atom. The molecule has 0 amide bonds. The second-order valence-corrected chi connectivity index (χ2v) is 8.20. The molecule has 0 fully saturated rings. The third kappa shape index (κ3) is 4.84. The molecule has 0 heterocycles. The summed E-state index contributed by atoms with van der Waals surface area (Å²) in [6.45, 7) is 4.52. The Morgan fingerprint density at radius 3 is 1.86 bits per heavy atom. The van der Waals surface area contributed by atoms with Gasteiger partial charge in [-0.3, -0.25) is 0 Å². The maximum atomic E-state index is 13.2. The van der Waals surface area contributed by atoms with Gasteiger partial charge in [0.1, 0.15) is 11.0 Å². The smallest absolute Gasteiger partial charge is 0.234 e. The van der Waals surface area contributed by atoms with Gasteiger partial charge in [0.15, 0.2) is 5.71 Å². The van der Waals surface area contributed by atoms with Crippen molar-refractivity contribution in [2.75, 3.05) is 0 Å². The molecule has 0 aliphatic heterocycles. The van der Waals surface area contributed by atoms with E-state index in [0.717, 1.165) is 12.1 Å². The predicted molar refractivity (Wildman–Crippen MR) is 82.0 cm³/mol. The molecule has 9 heteroatoms. The van der Waals surface area contributed by atoms with Gasteiger partial charge in [0, 0.05) is 10.6 Å². The van der Waals surface area contributed by atoms with Gasteiger partial charge >= 0.3 is 6.18 Å². The first-order valence-electron chi connectivity index (χ1n) is 5.57. The third-order valence-electron chi connectivity index (χ3n) is 2.21. The van der Waals surface area contributed by atoms with E-state index in [-0.39, 0.29) is 15.1 Å². The average Bonchev–Trinajstić information content (AvgIpc) is 2.23.